The Balaban J connectivity index is 2.81. The van der Waals surface area contributed by atoms with E-state index in [4.69, 9.17) is 9.47 Å². The molecule has 3 heteroatoms. The number of methoxy groups -OCH3 is 1. The highest BCUT2D eigenvalue weighted by atomic mass is 16.5. The lowest BCUT2D eigenvalue weighted by molar-refractivity contribution is 0.188. The highest BCUT2D eigenvalue weighted by Gasteiger charge is 2.15. The van der Waals surface area contributed by atoms with Crippen molar-refractivity contribution in [2.45, 2.75) is 45.8 Å². The average Bonchev–Trinajstić information content (AvgIpc) is 2.38. The van der Waals surface area contributed by atoms with Gasteiger partial charge >= 0.3 is 0 Å². The third kappa shape index (κ3) is 5.62. The molecule has 0 aromatic heterocycles. The first kappa shape index (κ1) is 16.0. The fourth-order valence-electron chi connectivity index (χ4n) is 2.18. The van der Waals surface area contributed by atoms with Gasteiger partial charge in [0.1, 0.15) is 5.75 Å². The maximum atomic E-state index is 5.91. The summed E-state index contributed by atoms with van der Waals surface area (Å²) in [7, 11) is 1.75. The summed E-state index contributed by atoms with van der Waals surface area (Å²) >= 11 is 0. The van der Waals surface area contributed by atoms with Crippen molar-refractivity contribution < 1.29 is 9.47 Å². The fraction of sp³-hybridized carbons (Fsp3) is 0.625. The summed E-state index contributed by atoms with van der Waals surface area (Å²) in [6, 6.07) is 8.63. The van der Waals surface area contributed by atoms with Crippen LogP contribution in [0.1, 0.15) is 45.2 Å². The molecule has 1 atom stereocenters. The third-order valence-corrected chi connectivity index (χ3v) is 2.95. The van der Waals surface area contributed by atoms with Crippen molar-refractivity contribution in [3.8, 4) is 5.75 Å². The second-order valence-electron chi connectivity index (χ2n) is 4.95. The van der Waals surface area contributed by atoms with Crippen LogP contribution in [0.3, 0.4) is 0 Å². The maximum Gasteiger partial charge on any atom is 0.124 e. The molecule has 0 amide bonds. The van der Waals surface area contributed by atoms with E-state index in [-0.39, 0.29) is 6.10 Å². The van der Waals surface area contributed by atoms with Gasteiger partial charge in [-0.2, -0.15) is 0 Å². The van der Waals surface area contributed by atoms with Crippen molar-refractivity contribution in [1.82, 2.24) is 5.32 Å². The van der Waals surface area contributed by atoms with Crippen LogP contribution >= 0.6 is 0 Å². The Kier molecular flexibility index (Phi) is 7.53. The third-order valence-electron chi connectivity index (χ3n) is 2.95. The molecular formula is C16H27NO2. The average molecular weight is 265 g/mol. The van der Waals surface area contributed by atoms with Gasteiger partial charge in [-0.25, -0.2) is 0 Å². The molecule has 0 spiro atoms. The van der Waals surface area contributed by atoms with Crippen molar-refractivity contribution in [2.75, 3.05) is 20.3 Å². The highest BCUT2D eigenvalue weighted by Crippen LogP contribution is 2.28. The Hall–Kier alpha value is -1.06. The van der Waals surface area contributed by atoms with E-state index in [9.17, 15) is 0 Å². The van der Waals surface area contributed by atoms with Crippen LogP contribution in [0, 0.1) is 0 Å². The highest BCUT2D eigenvalue weighted by molar-refractivity contribution is 5.36. The number of para-hydroxylation sites is 1. The molecule has 1 N–H and O–H groups in total. The van der Waals surface area contributed by atoms with Gasteiger partial charge in [-0.05, 0) is 39.3 Å². The Labute approximate surface area is 117 Å². The van der Waals surface area contributed by atoms with Crippen LogP contribution in [0.4, 0.5) is 0 Å². The molecule has 0 radical (unpaired) electrons. The summed E-state index contributed by atoms with van der Waals surface area (Å²) in [5, 5.41) is 3.54. The van der Waals surface area contributed by atoms with Gasteiger partial charge in [-0.1, -0.05) is 25.1 Å². The van der Waals surface area contributed by atoms with Crippen LogP contribution in [0.15, 0.2) is 24.3 Å². The molecule has 0 heterocycles. The molecule has 3 nitrogen and oxygen atoms in total. The van der Waals surface area contributed by atoms with E-state index < -0.39 is 0 Å². The molecule has 0 bridgehead atoms. The number of rotatable bonds is 9. The molecule has 19 heavy (non-hydrogen) atoms. The number of hydrogen-bond donors (Lipinski definition) is 1. The molecular weight excluding hydrogens is 238 g/mol. The summed E-state index contributed by atoms with van der Waals surface area (Å²) in [6.07, 6.45) is 2.30. The molecule has 0 saturated heterocycles. The van der Waals surface area contributed by atoms with Gasteiger partial charge in [0.15, 0.2) is 0 Å². The van der Waals surface area contributed by atoms with Crippen LogP contribution in [-0.4, -0.2) is 26.4 Å². The monoisotopic (exact) mass is 265 g/mol. The molecule has 108 valence electrons. The molecule has 0 saturated carbocycles. The van der Waals surface area contributed by atoms with Crippen LogP contribution in [0.25, 0.3) is 0 Å². The van der Waals surface area contributed by atoms with Crippen LogP contribution in [0.2, 0.25) is 0 Å². The van der Waals surface area contributed by atoms with Crippen molar-refractivity contribution in [3.63, 3.8) is 0 Å². The van der Waals surface area contributed by atoms with Gasteiger partial charge in [-0.3, -0.25) is 0 Å². The second-order valence-corrected chi connectivity index (χ2v) is 4.95. The molecule has 1 rings (SSSR count). The fourth-order valence-corrected chi connectivity index (χ4v) is 2.18. The van der Waals surface area contributed by atoms with E-state index in [1.165, 1.54) is 5.56 Å². The maximum absolute atomic E-state index is 5.91. The molecule has 0 aliphatic carbocycles. The van der Waals surface area contributed by atoms with Gasteiger partial charge in [0.2, 0.25) is 0 Å². The smallest absolute Gasteiger partial charge is 0.124 e. The summed E-state index contributed by atoms with van der Waals surface area (Å²) in [5.41, 5.74) is 1.24. The van der Waals surface area contributed by atoms with E-state index in [1.54, 1.807) is 7.11 Å². The minimum Gasteiger partial charge on any atom is -0.491 e. The van der Waals surface area contributed by atoms with Crippen molar-refractivity contribution >= 4 is 0 Å². The van der Waals surface area contributed by atoms with E-state index >= 15 is 0 Å². The topological polar surface area (TPSA) is 30.5 Å². The van der Waals surface area contributed by atoms with E-state index in [0.717, 1.165) is 31.7 Å². The van der Waals surface area contributed by atoms with Crippen molar-refractivity contribution in [2.24, 2.45) is 0 Å². The predicted molar refractivity (Wildman–Crippen MR) is 79.7 cm³/mol. The summed E-state index contributed by atoms with van der Waals surface area (Å²) in [6.45, 7) is 8.01. The first-order valence-electron chi connectivity index (χ1n) is 7.17. The Bertz CT molecular complexity index is 352. The Morgan fingerprint density at radius 2 is 1.95 bits per heavy atom. The second kappa shape index (κ2) is 8.94. The number of hydrogen-bond acceptors (Lipinski definition) is 3. The lowest BCUT2D eigenvalue weighted by Gasteiger charge is -2.22. The quantitative estimate of drug-likeness (QED) is 0.693. The molecule has 1 aromatic rings. The first-order chi connectivity index (χ1) is 9.19. The molecule has 0 fully saturated rings. The largest absolute Gasteiger partial charge is 0.491 e. The molecule has 0 aliphatic rings. The lowest BCUT2D eigenvalue weighted by Crippen LogP contribution is -2.22. The molecule has 0 aliphatic heterocycles. The lowest BCUT2D eigenvalue weighted by atomic mass is 10.0. The Morgan fingerprint density at radius 3 is 2.58 bits per heavy atom. The molecule has 1 aromatic carbocycles. The van der Waals surface area contributed by atoms with E-state index in [2.05, 4.69) is 44.3 Å². The van der Waals surface area contributed by atoms with Gasteiger partial charge < -0.3 is 14.8 Å². The zero-order valence-electron chi connectivity index (χ0n) is 12.6. The summed E-state index contributed by atoms with van der Waals surface area (Å²) < 4.78 is 11.0. The standard InChI is InChI=1S/C16H27NO2/c1-5-17-15(10-8-12-18-4)14-9-6-7-11-16(14)19-13(2)3/h6-7,9,11,13,15,17H,5,8,10,12H2,1-4H3. The zero-order chi connectivity index (χ0) is 14.1. The van der Waals surface area contributed by atoms with Gasteiger partial charge in [0.05, 0.1) is 6.10 Å². The zero-order valence-corrected chi connectivity index (χ0v) is 12.6. The summed E-state index contributed by atoms with van der Waals surface area (Å²) in [4.78, 5) is 0. The van der Waals surface area contributed by atoms with Gasteiger partial charge in [-0.15, -0.1) is 0 Å². The molecule has 1 unspecified atom stereocenters. The SMILES string of the molecule is CCNC(CCCOC)c1ccccc1OC(C)C. The van der Waals surface area contributed by atoms with Crippen LogP contribution < -0.4 is 10.1 Å². The van der Waals surface area contributed by atoms with Gasteiger partial charge in [0.25, 0.3) is 0 Å². The van der Waals surface area contributed by atoms with E-state index in [0.29, 0.717) is 6.04 Å². The summed E-state index contributed by atoms with van der Waals surface area (Å²) in [5.74, 6) is 0.987. The van der Waals surface area contributed by atoms with Crippen molar-refractivity contribution in [3.05, 3.63) is 29.8 Å². The Morgan fingerprint density at radius 1 is 1.21 bits per heavy atom. The number of ether oxygens (including phenoxy) is 2. The predicted octanol–water partition coefficient (Wildman–Crippen LogP) is 3.55. The normalized spacial score (nSPS) is 12.7. The van der Waals surface area contributed by atoms with Crippen LogP contribution in [-0.2, 0) is 4.74 Å². The van der Waals surface area contributed by atoms with E-state index in [1.807, 2.05) is 6.07 Å². The van der Waals surface area contributed by atoms with Gasteiger partial charge in [0, 0.05) is 25.3 Å². The number of benzene rings is 1. The minimum absolute atomic E-state index is 0.197. The first-order valence-corrected chi connectivity index (χ1v) is 7.17. The number of nitrogens with one attached hydrogen (secondary N) is 1. The van der Waals surface area contributed by atoms with Crippen molar-refractivity contribution in [1.29, 1.82) is 0 Å². The minimum atomic E-state index is 0.197. The van der Waals surface area contributed by atoms with Crippen LogP contribution in [0.5, 0.6) is 5.75 Å².